The van der Waals surface area contributed by atoms with E-state index in [2.05, 4.69) is 0 Å². The Morgan fingerprint density at radius 1 is 1.27 bits per heavy atom. The third-order valence-electron chi connectivity index (χ3n) is 2.26. The average molecular weight is 249 g/mol. The summed E-state index contributed by atoms with van der Waals surface area (Å²) >= 11 is 5.41. The molecule has 0 radical (unpaired) electrons. The lowest BCUT2D eigenvalue weighted by Crippen LogP contribution is -2.05. The zero-order chi connectivity index (χ0) is 11.6. The van der Waals surface area contributed by atoms with Gasteiger partial charge in [0.15, 0.2) is 9.84 Å². The third-order valence-corrected chi connectivity index (χ3v) is 4.40. The Bertz CT molecular complexity index is 466. The molecule has 3 nitrogen and oxygen atoms in total. The van der Waals surface area contributed by atoms with E-state index in [0.717, 1.165) is 11.1 Å². The molecule has 0 atom stereocenters. The number of rotatable bonds is 3. The molecular formula is C10H13ClO3S. The molecule has 84 valence electrons. The lowest BCUT2D eigenvalue weighted by molar-refractivity contribution is 0.402. The Morgan fingerprint density at radius 3 is 2.27 bits per heavy atom. The molecule has 0 unspecified atom stereocenters. The van der Waals surface area contributed by atoms with Gasteiger partial charge in [-0.2, -0.15) is 0 Å². The predicted molar refractivity (Wildman–Crippen MR) is 60.4 cm³/mol. The summed E-state index contributed by atoms with van der Waals surface area (Å²) < 4.78 is 28.3. The van der Waals surface area contributed by atoms with Gasteiger partial charge in [0.1, 0.15) is 15.9 Å². The van der Waals surface area contributed by atoms with Gasteiger partial charge in [-0.3, -0.25) is 0 Å². The monoisotopic (exact) mass is 248 g/mol. The fourth-order valence-electron chi connectivity index (χ4n) is 1.22. The fourth-order valence-corrected chi connectivity index (χ4v) is 2.50. The van der Waals surface area contributed by atoms with Crippen molar-refractivity contribution in [2.75, 3.05) is 12.3 Å². The number of ether oxygens (including phenoxy) is 1. The highest BCUT2D eigenvalue weighted by Gasteiger charge is 2.19. The van der Waals surface area contributed by atoms with Crippen molar-refractivity contribution in [3.63, 3.8) is 0 Å². The number of hydrogen-bond donors (Lipinski definition) is 0. The molecule has 0 fully saturated rings. The number of benzene rings is 1. The highest BCUT2D eigenvalue weighted by molar-refractivity contribution is 7.92. The summed E-state index contributed by atoms with van der Waals surface area (Å²) in [6, 6.07) is 3.29. The van der Waals surface area contributed by atoms with E-state index in [1.54, 1.807) is 12.1 Å². The summed E-state index contributed by atoms with van der Waals surface area (Å²) in [5.74, 6) is 0.346. The molecule has 0 amide bonds. The van der Waals surface area contributed by atoms with Crippen LogP contribution in [0.5, 0.6) is 5.75 Å². The zero-order valence-corrected chi connectivity index (χ0v) is 10.4. The van der Waals surface area contributed by atoms with Crippen molar-refractivity contribution in [2.45, 2.75) is 18.7 Å². The van der Waals surface area contributed by atoms with Crippen molar-refractivity contribution >= 4 is 21.4 Å². The van der Waals surface area contributed by atoms with Crippen LogP contribution in [-0.4, -0.2) is 20.7 Å². The van der Waals surface area contributed by atoms with Gasteiger partial charge >= 0.3 is 0 Å². The van der Waals surface area contributed by atoms with Crippen LogP contribution in [0.25, 0.3) is 0 Å². The van der Waals surface area contributed by atoms with Crippen molar-refractivity contribution in [1.29, 1.82) is 0 Å². The van der Waals surface area contributed by atoms with E-state index in [0.29, 0.717) is 5.75 Å². The molecule has 0 N–H and O–H groups in total. The first kappa shape index (κ1) is 12.3. The van der Waals surface area contributed by atoms with Crippen LogP contribution in [0, 0.1) is 13.8 Å². The number of methoxy groups -OCH3 is 1. The Kier molecular flexibility index (Phi) is 3.62. The van der Waals surface area contributed by atoms with Gasteiger partial charge in [0.25, 0.3) is 0 Å². The molecule has 0 aliphatic heterocycles. The molecule has 1 rings (SSSR count). The summed E-state index contributed by atoms with van der Waals surface area (Å²) in [6.07, 6.45) is 0. The number of hydrogen-bond acceptors (Lipinski definition) is 3. The molecule has 0 saturated heterocycles. The quantitative estimate of drug-likeness (QED) is 0.771. The SMILES string of the molecule is COc1cc(C)c(C)cc1S(=O)(=O)CCl. The number of alkyl halides is 1. The number of aryl methyl sites for hydroxylation is 2. The van der Waals surface area contributed by atoms with Crippen LogP contribution in [-0.2, 0) is 9.84 Å². The third kappa shape index (κ3) is 2.44. The van der Waals surface area contributed by atoms with E-state index in [1.807, 2.05) is 13.8 Å². The highest BCUT2D eigenvalue weighted by atomic mass is 35.5. The maximum atomic E-state index is 11.6. The Hall–Kier alpha value is -0.740. The van der Waals surface area contributed by atoms with Crippen molar-refractivity contribution in [3.05, 3.63) is 23.3 Å². The summed E-state index contributed by atoms with van der Waals surface area (Å²) in [5, 5.41) is -0.439. The van der Waals surface area contributed by atoms with E-state index < -0.39 is 15.0 Å². The maximum Gasteiger partial charge on any atom is 0.195 e. The first-order valence-corrected chi connectivity index (χ1v) is 6.55. The van der Waals surface area contributed by atoms with Gasteiger partial charge in [-0.25, -0.2) is 8.42 Å². The number of halogens is 1. The molecule has 0 aromatic heterocycles. The molecule has 0 aliphatic rings. The van der Waals surface area contributed by atoms with Crippen LogP contribution in [0.3, 0.4) is 0 Å². The molecule has 0 saturated carbocycles. The topological polar surface area (TPSA) is 43.4 Å². The largest absolute Gasteiger partial charge is 0.495 e. The van der Waals surface area contributed by atoms with Gasteiger partial charge in [0.2, 0.25) is 0 Å². The molecule has 5 heteroatoms. The summed E-state index contributed by atoms with van der Waals surface area (Å²) in [5.41, 5.74) is 1.89. The summed E-state index contributed by atoms with van der Waals surface area (Å²) in [7, 11) is -2.00. The van der Waals surface area contributed by atoms with Crippen LogP contribution < -0.4 is 4.74 Å². The van der Waals surface area contributed by atoms with Crippen LogP contribution >= 0.6 is 11.6 Å². The van der Waals surface area contributed by atoms with E-state index in [9.17, 15) is 8.42 Å². The second kappa shape index (κ2) is 4.41. The van der Waals surface area contributed by atoms with Crippen molar-refractivity contribution in [2.24, 2.45) is 0 Å². The average Bonchev–Trinajstić information content (AvgIpc) is 2.21. The van der Waals surface area contributed by atoms with Crippen LogP contribution in [0.15, 0.2) is 17.0 Å². The van der Waals surface area contributed by atoms with Crippen LogP contribution in [0.4, 0.5) is 0 Å². The fraction of sp³-hybridized carbons (Fsp3) is 0.400. The van der Waals surface area contributed by atoms with E-state index in [-0.39, 0.29) is 4.90 Å². The second-order valence-electron chi connectivity index (χ2n) is 3.31. The maximum absolute atomic E-state index is 11.6. The van der Waals surface area contributed by atoms with E-state index in [1.165, 1.54) is 7.11 Å². The minimum absolute atomic E-state index is 0.156. The van der Waals surface area contributed by atoms with Gasteiger partial charge in [0.05, 0.1) is 7.11 Å². The first-order chi connectivity index (χ1) is 6.92. The van der Waals surface area contributed by atoms with Crippen molar-refractivity contribution < 1.29 is 13.2 Å². The molecule has 0 aliphatic carbocycles. The zero-order valence-electron chi connectivity index (χ0n) is 8.87. The van der Waals surface area contributed by atoms with Gasteiger partial charge in [-0.05, 0) is 37.1 Å². The molecule has 15 heavy (non-hydrogen) atoms. The molecular weight excluding hydrogens is 236 g/mol. The Labute approximate surface area is 94.9 Å². The van der Waals surface area contributed by atoms with Crippen molar-refractivity contribution in [1.82, 2.24) is 0 Å². The second-order valence-corrected chi connectivity index (χ2v) is 5.85. The Morgan fingerprint density at radius 2 is 1.80 bits per heavy atom. The van der Waals surface area contributed by atoms with Crippen LogP contribution in [0.1, 0.15) is 11.1 Å². The van der Waals surface area contributed by atoms with Crippen LogP contribution in [0.2, 0.25) is 0 Å². The van der Waals surface area contributed by atoms with Gasteiger partial charge < -0.3 is 4.74 Å². The standard InChI is InChI=1S/C10H13ClO3S/c1-7-4-9(14-3)10(5-8(7)2)15(12,13)6-11/h4-5H,6H2,1-3H3. The Balaban J connectivity index is 3.48. The van der Waals surface area contributed by atoms with Gasteiger partial charge in [-0.1, -0.05) is 0 Å². The highest BCUT2D eigenvalue weighted by Crippen LogP contribution is 2.28. The molecule has 1 aromatic carbocycles. The summed E-state index contributed by atoms with van der Waals surface area (Å²) in [4.78, 5) is 0.156. The van der Waals surface area contributed by atoms with Gasteiger partial charge in [0, 0.05) is 0 Å². The summed E-state index contributed by atoms with van der Waals surface area (Å²) in [6.45, 7) is 3.75. The molecule has 1 aromatic rings. The minimum Gasteiger partial charge on any atom is -0.495 e. The number of sulfone groups is 1. The first-order valence-electron chi connectivity index (χ1n) is 4.36. The van der Waals surface area contributed by atoms with E-state index in [4.69, 9.17) is 16.3 Å². The molecule has 0 bridgehead atoms. The van der Waals surface area contributed by atoms with E-state index >= 15 is 0 Å². The lowest BCUT2D eigenvalue weighted by atomic mass is 10.1. The van der Waals surface area contributed by atoms with Gasteiger partial charge in [-0.15, -0.1) is 11.6 Å². The normalized spacial score (nSPS) is 11.5. The molecule has 0 spiro atoms. The minimum atomic E-state index is -3.44. The lowest BCUT2D eigenvalue weighted by Gasteiger charge is -2.10. The van der Waals surface area contributed by atoms with Crippen molar-refractivity contribution in [3.8, 4) is 5.75 Å². The smallest absolute Gasteiger partial charge is 0.195 e. The predicted octanol–water partition coefficient (Wildman–Crippen LogP) is 2.28. The molecule has 0 heterocycles.